The van der Waals surface area contributed by atoms with Crippen LogP contribution in [-0.2, 0) is 17.6 Å². The van der Waals surface area contributed by atoms with Crippen LogP contribution < -0.4 is 19.1 Å². The number of hydrogen-bond donors (Lipinski definition) is 3. The number of nitrogens with one attached hydrogen (secondary N) is 2. The third-order valence-corrected chi connectivity index (χ3v) is 5.70. The van der Waals surface area contributed by atoms with E-state index in [1.54, 1.807) is 0 Å². The number of ether oxygens (including phenoxy) is 1. The van der Waals surface area contributed by atoms with E-state index in [2.05, 4.69) is 22.2 Å². The quantitative estimate of drug-likeness (QED) is 0.487. The van der Waals surface area contributed by atoms with Gasteiger partial charge < -0.3 is 15.2 Å². The van der Waals surface area contributed by atoms with Crippen molar-refractivity contribution in [3.63, 3.8) is 0 Å². The summed E-state index contributed by atoms with van der Waals surface area (Å²) >= 11 is 0.976. The van der Waals surface area contributed by atoms with Crippen molar-refractivity contribution in [2.24, 2.45) is 0 Å². The number of phenolic OH excluding ortho intramolecular Hbond substituents is 1. The van der Waals surface area contributed by atoms with Gasteiger partial charge in [0.25, 0.3) is 5.91 Å². The molecule has 0 aliphatic carbocycles. The highest BCUT2D eigenvalue weighted by atomic mass is 32.2. The average molecular weight is 403 g/mol. The number of hydrogen-bond acceptors (Lipinski definition) is 6. The molecule has 2 aromatic rings. The zero-order valence-corrected chi connectivity index (χ0v) is 16.1. The summed E-state index contributed by atoms with van der Waals surface area (Å²) in [7, 11) is 0. The van der Waals surface area contributed by atoms with Gasteiger partial charge in [0.1, 0.15) is 29.8 Å². The smallest absolute Gasteiger partial charge is 0.251 e. The normalized spacial score (nSPS) is 18.1. The molecule has 1 saturated heterocycles. The van der Waals surface area contributed by atoms with Crippen LogP contribution in [0.15, 0.2) is 36.4 Å². The van der Waals surface area contributed by atoms with Crippen molar-refractivity contribution in [1.82, 2.24) is 10.0 Å². The predicted octanol–water partition coefficient (Wildman–Crippen LogP) is 2.56. The third kappa shape index (κ3) is 4.02. The lowest BCUT2D eigenvalue weighted by Crippen LogP contribution is -2.30. The summed E-state index contributed by atoms with van der Waals surface area (Å²) in [6, 6.07) is 11.8. The molecule has 0 radical (unpaired) electrons. The largest absolute Gasteiger partial charge is 0.505 e. The molecule has 8 heteroatoms. The van der Waals surface area contributed by atoms with Gasteiger partial charge in [-0.2, -0.15) is 0 Å². The zero-order chi connectivity index (χ0) is 19.5. The molecule has 1 amide bonds. The topological polar surface area (TPSA) is 73.8 Å². The Morgan fingerprint density at radius 3 is 2.93 bits per heavy atom. The predicted molar refractivity (Wildman–Crippen MR) is 107 cm³/mol. The fraction of sp³-hybridized carbons (Fsp3) is 0.350. The standard InChI is InChI=1S/C20H22FN3O3S/c21-19-15-9-14(11-22-8-4-7-13-5-2-1-3-6-13)27-17(15)10-16(25)20(19)24-12-18(26)23-28-24/h1-3,5-6,10,14,22,25H,4,7-9,11-12H2,(H,23,26). The summed E-state index contributed by atoms with van der Waals surface area (Å²) < 4.78 is 24.7. The van der Waals surface area contributed by atoms with Crippen molar-refractivity contribution < 1.29 is 19.0 Å². The molecule has 1 unspecified atom stereocenters. The molecule has 1 atom stereocenters. The molecule has 0 bridgehead atoms. The summed E-state index contributed by atoms with van der Waals surface area (Å²) in [5, 5.41) is 13.6. The van der Waals surface area contributed by atoms with Crippen LogP contribution in [0.3, 0.4) is 0 Å². The summed E-state index contributed by atoms with van der Waals surface area (Å²) in [5.74, 6) is -0.598. The highest BCUT2D eigenvalue weighted by Gasteiger charge is 2.33. The number of nitrogens with zero attached hydrogens (tertiary/aromatic N) is 1. The Hall–Kier alpha value is -2.45. The lowest BCUT2D eigenvalue weighted by atomic mass is 10.1. The van der Waals surface area contributed by atoms with Crippen LogP contribution >= 0.6 is 12.1 Å². The molecule has 3 N–H and O–H groups in total. The van der Waals surface area contributed by atoms with Crippen molar-refractivity contribution >= 4 is 23.7 Å². The molecule has 4 rings (SSSR count). The summed E-state index contributed by atoms with van der Waals surface area (Å²) in [6.07, 6.45) is 2.27. The van der Waals surface area contributed by atoms with E-state index in [0.717, 1.165) is 31.5 Å². The molecular weight excluding hydrogens is 381 g/mol. The maximum absolute atomic E-state index is 15.0. The SMILES string of the molecule is O=C1CN(c2c(O)cc3c(c2F)CC(CNCCCc2ccccc2)O3)SN1. The second-order valence-electron chi connectivity index (χ2n) is 6.93. The molecule has 148 valence electrons. The third-order valence-electron chi connectivity index (χ3n) is 4.85. The van der Waals surface area contributed by atoms with E-state index in [1.807, 2.05) is 18.2 Å². The summed E-state index contributed by atoms with van der Waals surface area (Å²) in [6.45, 7) is 1.46. The first-order valence-electron chi connectivity index (χ1n) is 9.31. The number of anilines is 1. The van der Waals surface area contributed by atoms with Crippen LogP contribution in [-0.4, -0.2) is 36.8 Å². The Bertz CT molecular complexity index is 866. The van der Waals surface area contributed by atoms with Gasteiger partial charge in [-0.1, -0.05) is 30.3 Å². The van der Waals surface area contributed by atoms with Crippen LogP contribution in [0.2, 0.25) is 0 Å². The average Bonchev–Trinajstić information content (AvgIpc) is 3.28. The molecule has 0 spiro atoms. The molecule has 2 aliphatic heterocycles. The van der Waals surface area contributed by atoms with Gasteiger partial charge in [0.05, 0.1) is 12.1 Å². The minimum absolute atomic E-state index is 0.00118. The van der Waals surface area contributed by atoms with E-state index in [-0.39, 0.29) is 30.0 Å². The van der Waals surface area contributed by atoms with Gasteiger partial charge in [0.2, 0.25) is 0 Å². The monoisotopic (exact) mass is 403 g/mol. The highest BCUT2D eigenvalue weighted by molar-refractivity contribution is 7.99. The second-order valence-corrected chi connectivity index (χ2v) is 7.75. The number of carbonyl (C=O) groups is 1. The molecule has 0 aromatic heterocycles. The highest BCUT2D eigenvalue weighted by Crippen LogP contribution is 2.44. The Labute approximate surface area is 167 Å². The van der Waals surface area contributed by atoms with Gasteiger partial charge in [-0.25, -0.2) is 4.39 Å². The number of aromatic hydroxyl groups is 1. The number of fused-ring (bicyclic) bond motifs is 1. The van der Waals surface area contributed by atoms with Crippen molar-refractivity contribution in [2.75, 3.05) is 23.9 Å². The van der Waals surface area contributed by atoms with Gasteiger partial charge >= 0.3 is 0 Å². The number of rotatable bonds is 7. The first-order chi connectivity index (χ1) is 13.6. The first kappa shape index (κ1) is 18.9. The molecule has 2 heterocycles. The van der Waals surface area contributed by atoms with E-state index < -0.39 is 5.82 Å². The molecule has 0 saturated carbocycles. The minimum Gasteiger partial charge on any atom is -0.505 e. The van der Waals surface area contributed by atoms with E-state index >= 15 is 0 Å². The molecule has 1 fully saturated rings. The van der Waals surface area contributed by atoms with Crippen molar-refractivity contribution in [3.8, 4) is 11.5 Å². The van der Waals surface area contributed by atoms with E-state index in [0.29, 0.717) is 24.3 Å². The van der Waals surface area contributed by atoms with Gasteiger partial charge in [-0.3, -0.25) is 13.8 Å². The Morgan fingerprint density at radius 2 is 2.18 bits per heavy atom. The number of carbonyl (C=O) groups excluding carboxylic acids is 1. The van der Waals surface area contributed by atoms with Gasteiger partial charge in [0.15, 0.2) is 5.82 Å². The van der Waals surface area contributed by atoms with Crippen LogP contribution in [0.25, 0.3) is 0 Å². The number of benzene rings is 2. The Balaban J connectivity index is 1.31. The van der Waals surface area contributed by atoms with E-state index in [9.17, 15) is 14.3 Å². The van der Waals surface area contributed by atoms with Crippen LogP contribution in [0.1, 0.15) is 17.5 Å². The lowest BCUT2D eigenvalue weighted by Gasteiger charge is -2.17. The fourth-order valence-electron chi connectivity index (χ4n) is 3.49. The molecular formula is C20H22FN3O3S. The van der Waals surface area contributed by atoms with Crippen molar-refractivity contribution in [2.45, 2.75) is 25.4 Å². The molecule has 6 nitrogen and oxygen atoms in total. The first-order valence-corrected chi connectivity index (χ1v) is 10.1. The summed E-state index contributed by atoms with van der Waals surface area (Å²) in [4.78, 5) is 11.4. The Kier molecular flexibility index (Phi) is 5.59. The van der Waals surface area contributed by atoms with Crippen LogP contribution in [0.5, 0.6) is 11.5 Å². The maximum atomic E-state index is 15.0. The number of amides is 1. The number of phenols is 1. The maximum Gasteiger partial charge on any atom is 0.251 e. The van der Waals surface area contributed by atoms with Crippen molar-refractivity contribution in [3.05, 3.63) is 53.3 Å². The molecule has 2 aliphatic rings. The molecule has 28 heavy (non-hydrogen) atoms. The van der Waals surface area contributed by atoms with Crippen molar-refractivity contribution in [1.29, 1.82) is 0 Å². The second kappa shape index (κ2) is 8.28. The zero-order valence-electron chi connectivity index (χ0n) is 15.3. The van der Waals surface area contributed by atoms with Gasteiger partial charge in [0, 0.05) is 24.6 Å². The molecule has 2 aromatic carbocycles. The van der Waals surface area contributed by atoms with E-state index in [1.165, 1.54) is 15.9 Å². The van der Waals surface area contributed by atoms with Crippen LogP contribution in [0.4, 0.5) is 10.1 Å². The van der Waals surface area contributed by atoms with Crippen LogP contribution in [0, 0.1) is 5.82 Å². The van der Waals surface area contributed by atoms with E-state index in [4.69, 9.17) is 4.74 Å². The fourth-order valence-corrected chi connectivity index (χ4v) is 4.21. The number of halogens is 1. The Morgan fingerprint density at radius 1 is 1.36 bits per heavy atom. The minimum atomic E-state index is -0.523. The van der Waals surface area contributed by atoms with Gasteiger partial charge in [-0.05, 0) is 24.9 Å². The lowest BCUT2D eigenvalue weighted by molar-refractivity contribution is -0.117. The summed E-state index contributed by atoms with van der Waals surface area (Å²) in [5.41, 5.74) is 1.79. The van der Waals surface area contributed by atoms with Gasteiger partial charge in [-0.15, -0.1) is 0 Å². The number of aryl methyl sites for hydroxylation is 1.